The number of primary amides is 1. The van der Waals surface area contributed by atoms with Crippen molar-refractivity contribution in [3.05, 3.63) is 76.3 Å². The third-order valence-corrected chi connectivity index (χ3v) is 5.12. The first-order valence-corrected chi connectivity index (χ1v) is 9.66. The predicted molar refractivity (Wildman–Crippen MR) is 111 cm³/mol. The van der Waals surface area contributed by atoms with E-state index in [0.29, 0.717) is 32.4 Å². The van der Waals surface area contributed by atoms with Crippen LogP contribution in [0.15, 0.2) is 64.6 Å². The molecule has 0 aliphatic rings. The van der Waals surface area contributed by atoms with Gasteiger partial charge >= 0.3 is 0 Å². The second-order valence-electron chi connectivity index (χ2n) is 5.95. The normalized spacial score (nSPS) is 10.7. The Bertz CT molecular complexity index is 1200. The van der Waals surface area contributed by atoms with Gasteiger partial charge in [-0.15, -0.1) is 11.3 Å². The summed E-state index contributed by atoms with van der Waals surface area (Å²) >= 11 is 7.32. The van der Waals surface area contributed by atoms with Gasteiger partial charge in [0.1, 0.15) is 5.01 Å². The number of anilines is 1. The Morgan fingerprint density at radius 2 is 1.97 bits per heavy atom. The van der Waals surface area contributed by atoms with Gasteiger partial charge in [-0.05, 0) is 24.3 Å². The van der Waals surface area contributed by atoms with E-state index < -0.39 is 11.8 Å². The van der Waals surface area contributed by atoms with Crippen LogP contribution in [0, 0.1) is 0 Å². The van der Waals surface area contributed by atoms with Crippen LogP contribution >= 0.6 is 22.9 Å². The molecule has 0 radical (unpaired) electrons. The summed E-state index contributed by atoms with van der Waals surface area (Å²) in [4.78, 5) is 28.9. The third kappa shape index (κ3) is 3.75. The highest BCUT2D eigenvalue weighted by Crippen LogP contribution is 2.40. The Labute approximate surface area is 174 Å². The van der Waals surface area contributed by atoms with Gasteiger partial charge in [-0.3, -0.25) is 14.9 Å². The molecule has 0 bridgehead atoms. The van der Waals surface area contributed by atoms with Gasteiger partial charge in [-0.1, -0.05) is 41.0 Å². The average molecular weight is 425 g/mol. The number of nitrogens with zero attached hydrogens (tertiary/aromatic N) is 2. The molecule has 3 N–H and O–H groups in total. The van der Waals surface area contributed by atoms with Crippen LogP contribution in [0.25, 0.3) is 21.8 Å². The fraction of sp³-hybridized carbons (Fsp3) is 0. The molecule has 0 saturated heterocycles. The number of amides is 2. The summed E-state index contributed by atoms with van der Waals surface area (Å²) in [6.07, 6.45) is 1.63. The van der Waals surface area contributed by atoms with Crippen LogP contribution in [0.3, 0.4) is 0 Å². The van der Waals surface area contributed by atoms with Crippen LogP contribution in [0.5, 0.6) is 0 Å². The van der Waals surface area contributed by atoms with Crippen LogP contribution in [0.4, 0.5) is 5.88 Å². The summed E-state index contributed by atoms with van der Waals surface area (Å²) in [6, 6.07) is 13.2. The van der Waals surface area contributed by atoms with E-state index in [0.717, 1.165) is 0 Å². The summed E-state index contributed by atoms with van der Waals surface area (Å²) in [5.74, 6) is -0.972. The molecular weight excluding hydrogens is 412 g/mol. The number of rotatable bonds is 5. The fourth-order valence-electron chi connectivity index (χ4n) is 2.83. The van der Waals surface area contributed by atoms with Gasteiger partial charge in [0.05, 0.1) is 5.56 Å². The molecule has 4 rings (SSSR count). The molecule has 0 saturated carbocycles. The van der Waals surface area contributed by atoms with Crippen molar-refractivity contribution in [2.45, 2.75) is 0 Å². The van der Waals surface area contributed by atoms with Crippen molar-refractivity contribution >= 4 is 40.6 Å². The highest BCUT2D eigenvalue weighted by molar-refractivity contribution is 7.13. The van der Waals surface area contributed by atoms with Gasteiger partial charge in [-0.2, -0.15) is 0 Å². The van der Waals surface area contributed by atoms with Crippen LogP contribution in [-0.2, 0) is 0 Å². The topological polar surface area (TPSA) is 111 Å². The molecule has 0 atom stereocenters. The zero-order valence-electron chi connectivity index (χ0n) is 14.8. The number of halogens is 1. The SMILES string of the molecule is NC(=O)c1ccccc1-c1c(-c2nccs2)noc1NC(=O)c1cccc(Cl)c1. The van der Waals surface area contributed by atoms with Gasteiger partial charge in [0.15, 0.2) is 5.69 Å². The van der Waals surface area contributed by atoms with E-state index in [1.807, 2.05) is 0 Å². The quantitative estimate of drug-likeness (QED) is 0.491. The number of carbonyl (C=O) groups excluding carboxylic acids is 2. The lowest BCUT2D eigenvalue weighted by molar-refractivity contribution is 0.0998. The minimum absolute atomic E-state index is 0.0777. The van der Waals surface area contributed by atoms with Crippen molar-refractivity contribution in [1.29, 1.82) is 0 Å². The molecule has 0 unspecified atom stereocenters. The molecule has 29 heavy (non-hydrogen) atoms. The number of nitrogens with one attached hydrogen (secondary N) is 1. The van der Waals surface area contributed by atoms with Crippen molar-refractivity contribution in [2.24, 2.45) is 5.73 Å². The van der Waals surface area contributed by atoms with Crippen LogP contribution < -0.4 is 11.1 Å². The van der Waals surface area contributed by atoms with Crippen molar-refractivity contribution < 1.29 is 14.1 Å². The Balaban J connectivity index is 1.84. The third-order valence-electron chi connectivity index (χ3n) is 4.10. The van der Waals surface area contributed by atoms with E-state index in [4.69, 9.17) is 21.9 Å². The molecule has 4 aromatic rings. The monoisotopic (exact) mass is 424 g/mol. The van der Waals surface area contributed by atoms with Gasteiger partial charge in [-0.25, -0.2) is 4.98 Å². The highest BCUT2D eigenvalue weighted by Gasteiger charge is 2.25. The lowest BCUT2D eigenvalue weighted by Gasteiger charge is -2.09. The molecular formula is C20H13ClN4O3S. The number of nitrogens with two attached hydrogens (primary N) is 1. The Morgan fingerprint density at radius 1 is 1.14 bits per heavy atom. The smallest absolute Gasteiger partial charge is 0.258 e. The molecule has 0 aliphatic heterocycles. The molecule has 0 fully saturated rings. The van der Waals surface area contributed by atoms with Gasteiger partial charge in [0.2, 0.25) is 11.8 Å². The van der Waals surface area contributed by atoms with Crippen molar-refractivity contribution in [2.75, 3.05) is 5.32 Å². The maximum Gasteiger partial charge on any atom is 0.258 e. The number of benzene rings is 2. The molecule has 2 aromatic carbocycles. The van der Waals surface area contributed by atoms with Crippen LogP contribution in [0.2, 0.25) is 5.02 Å². The minimum atomic E-state index is -0.612. The van der Waals surface area contributed by atoms with E-state index in [1.54, 1.807) is 54.0 Å². The van der Waals surface area contributed by atoms with E-state index in [1.165, 1.54) is 17.4 Å². The molecule has 9 heteroatoms. The van der Waals surface area contributed by atoms with Gasteiger partial charge in [0.25, 0.3) is 5.91 Å². The maximum absolute atomic E-state index is 12.7. The van der Waals surface area contributed by atoms with Crippen molar-refractivity contribution in [3.63, 3.8) is 0 Å². The summed E-state index contributed by atoms with van der Waals surface area (Å²) in [7, 11) is 0. The van der Waals surface area contributed by atoms with Gasteiger partial charge < -0.3 is 10.3 Å². The lowest BCUT2D eigenvalue weighted by Crippen LogP contribution is -2.14. The average Bonchev–Trinajstić information content (AvgIpc) is 3.37. The first-order chi connectivity index (χ1) is 14.0. The van der Waals surface area contributed by atoms with E-state index >= 15 is 0 Å². The maximum atomic E-state index is 12.7. The van der Waals surface area contributed by atoms with Crippen LogP contribution in [0.1, 0.15) is 20.7 Å². The summed E-state index contributed by atoms with van der Waals surface area (Å²) in [6.45, 7) is 0. The predicted octanol–water partition coefficient (Wildman–Crippen LogP) is 4.47. The lowest BCUT2D eigenvalue weighted by atomic mass is 9.99. The number of carbonyl (C=O) groups is 2. The number of thiazole rings is 1. The molecule has 2 aromatic heterocycles. The van der Waals surface area contributed by atoms with Crippen molar-refractivity contribution in [1.82, 2.24) is 10.1 Å². The standard InChI is InChI=1S/C20H13ClN4O3S/c21-12-5-3-4-11(10-12)18(27)24-19-15(13-6-1-2-7-14(13)17(22)26)16(25-28-19)20-23-8-9-29-20/h1-10H,(H2,22,26)(H,24,27). The summed E-state index contributed by atoms with van der Waals surface area (Å²) < 4.78 is 5.43. The number of aromatic nitrogens is 2. The first-order valence-electron chi connectivity index (χ1n) is 8.40. The Kier molecular flexibility index (Phi) is 5.11. The zero-order chi connectivity index (χ0) is 20.4. The van der Waals surface area contributed by atoms with E-state index in [2.05, 4.69) is 15.5 Å². The molecule has 0 spiro atoms. The number of hydrogen-bond acceptors (Lipinski definition) is 6. The molecule has 0 aliphatic carbocycles. The van der Waals surface area contributed by atoms with Crippen molar-refractivity contribution in [3.8, 4) is 21.8 Å². The second kappa shape index (κ2) is 7.86. The largest absolute Gasteiger partial charge is 0.366 e. The molecule has 7 nitrogen and oxygen atoms in total. The first kappa shape index (κ1) is 18.9. The fourth-order valence-corrected chi connectivity index (χ4v) is 3.65. The highest BCUT2D eigenvalue weighted by atomic mass is 35.5. The molecule has 2 heterocycles. The number of hydrogen-bond donors (Lipinski definition) is 2. The molecule has 2 amide bonds. The van der Waals surface area contributed by atoms with E-state index in [9.17, 15) is 9.59 Å². The molecule has 144 valence electrons. The zero-order valence-corrected chi connectivity index (χ0v) is 16.3. The van der Waals surface area contributed by atoms with E-state index in [-0.39, 0.29) is 11.4 Å². The Morgan fingerprint density at radius 3 is 2.69 bits per heavy atom. The summed E-state index contributed by atoms with van der Waals surface area (Å²) in [5, 5.41) is 9.57. The summed E-state index contributed by atoms with van der Waals surface area (Å²) in [5.41, 5.74) is 7.46. The van der Waals surface area contributed by atoms with Gasteiger partial charge in [0, 0.05) is 33.3 Å². The Hall–Kier alpha value is -3.49. The second-order valence-corrected chi connectivity index (χ2v) is 7.28. The minimum Gasteiger partial charge on any atom is -0.366 e. The van der Waals surface area contributed by atoms with Crippen LogP contribution in [-0.4, -0.2) is 22.0 Å².